The van der Waals surface area contributed by atoms with Crippen molar-refractivity contribution in [2.24, 2.45) is 5.92 Å². The second-order valence-corrected chi connectivity index (χ2v) is 8.76. The van der Waals surface area contributed by atoms with Gasteiger partial charge in [0.2, 0.25) is 21.8 Å². The van der Waals surface area contributed by atoms with Crippen LogP contribution in [0.3, 0.4) is 0 Å². The molecule has 1 aromatic carbocycles. The summed E-state index contributed by atoms with van der Waals surface area (Å²) in [5.74, 6) is -0.795. The summed E-state index contributed by atoms with van der Waals surface area (Å²) in [5.41, 5.74) is 1.94. The highest BCUT2D eigenvalue weighted by atomic mass is 32.2. The molecule has 1 atom stereocenters. The van der Waals surface area contributed by atoms with E-state index in [9.17, 15) is 18.0 Å². The highest BCUT2D eigenvalue weighted by Crippen LogP contribution is 2.26. The molecule has 140 valence electrons. The van der Waals surface area contributed by atoms with Crippen molar-refractivity contribution in [3.8, 4) is 0 Å². The maximum atomic E-state index is 12.6. The Bertz CT molecular complexity index is 770. The Morgan fingerprint density at radius 1 is 1.12 bits per heavy atom. The number of hydrogen-bond acceptors (Lipinski definition) is 4. The summed E-state index contributed by atoms with van der Waals surface area (Å²) in [6, 6.07) is 2.32. The van der Waals surface area contributed by atoms with E-state index in [1.165, 1.54) is 27.1 Å². The van der Waals surface area contributed by atoms with Crippen LogP contribution in [0.1, 0.15) is 31.9 Å². The maximum absolute atomic E-state index is 12.6. The van der Waals surface area contributed by atoms with Crippen LogP contribution >= 0.6 is 0 Å². The fraction of sp³-hybridized carbons (Fsp3) is 0.529. The van der Waals surface area contributed by atoms with Crippen LogP contribution in [0.25, 0.3) is 0 Å². The number of carbonyl (C=O) groups excluding carboxylic acids is 2. The minimum Gasteiger partial charge on any atom is -0.344 e. The van der Waals surface area contributed by atoms with Crippen LogP contribution in [0.5, 0.6) is 0 Å². The lowest BCUT2D eigenvalue weighted by molar-refractivity contribution is -0.126. The van der Waals surface area contributed by atoms with Crippen LogP contribution in [-0.2, 0) is 19.6 Å². The molecule has 0 saturated heterocycles. The molecule has 0 aliphatic heterocycles. The fourth-order valence-electron chi connectivity index (χ4n) is 2.28. The van der Waals surface area contributed by atoms with Crippen molar-refractivity contribution in [1.29, 1.82) is 0 Å². The van der Waals surface area contributed by atoms with Crippen molar-refractivity contribution < 1.29 is 18.0 Å². The minimum absolute atomic E-state index is 0.108. The number of benzene rings is 1. The van der Waals surface area contributed by atoms with E-state index in [2.05, 4.69) is 10.6 Å². The topological polar surface area (TPSA) is 95.6 Å². The van der Waals surface area contributed by atoms with E-state index < -0.39 is 16.1 Å². The first-order valence-electron chi connectivity index (χ1n) is 7.99. The Balaban J connectivity index is 3.27. The Hall–Kier alpha value is -1.93. The van der Waals surface area contributed by atoms with Gasteiger partial charge in [0.05, 0.1) is 4.90 Å². The first-order chi connectivity index (χ1) is 11.4. The van der Waals surface area contributed by atoms with Crippen LogP contribution in [0.15, 0.2) is 17.0 Å². The van der Waals surface area contributed by atoms with E-state index in [0.717, 1.165) is 15.4 Å². The molecule has 1 aromatic rings. The van der Waals surface area contributed by atoms with Crippen molar-refractivity contribution in [1.82, 2.24) is 9.62 Å². The van der Waals surface area contributed by atoms with E-state index >= 15 is 0 Å². The number of aryl methyl sites for hydroxylation is 1. The van der Waals surface area contributed by atoms with Crippen LogP contribution in [-0.4, -0.2) is 44.7 Å². The van der Waals surface area contributed by atoms with Crippen molar-refractivity contribution >= 4 is 27.5 Å². The summed E-state index contributed by atoms with van der Waals surface area (Å²) in [6.45, 7) is 8.59. The molecule has 0 aromatic heterocycles. The zero-order valence-corrected chi connectivity index (χ0v) is 16.6. The standard InChI is InChI=1S/C17H27N3O4S/c1-10(2)16(18-13(5)21)17(22)19-15-9-14(8-11(3)12(15)4)25(23,24)20(6)7/h8-10,16H,1-7H3,(H,18,21)(H,19,22). The average Bonchev–Trinajstić information content (AvgIpc) is 2.48. The Labute approximate surface area is 149 Å². The number of nitrogens with zero attached hydrogens (tertiary/aromatic N) is 1. The fourth-order valence-corrected chi connectivity index (χ4v) is 3.29. The summed E-state index contributed by atoms with van der Waals surface area (Å²) in [5, 5.41) is 5.37. The smallest absolute Gasteiger partial charge is 0.247 e. The maximum Gasteiger partial charge on any atom is 0.247 e. The molecule has 0 saturated carbocycles. The first-order valence-corrected chi connectivity index (χ1v) is 9.43. The quantitative estimate of drug-likeness (QED) is 0.797. The Kier molecular flexibility index (Phi) is 6.73. The lowest BCUT2D eigenvalue weighted by Crippen LogP contribution is -2.46. The number of hydrogen-bond donors (Lipinski definition) is 2. The second kappa shape index (κ2) is 7.97. The van der Waals surface area contributed by atoms with Gasteiger partial charge in [-0.05, 0) is 43.0 Å². The molecular weight excluding hydrogens is 342 g/mol. The van der Waals surface area contributed by atoms with Crippen molar-refractivity contribution in [2.75, 3.05) is 19.4 Å². The molecule has 25 heavy (non-hydrogen) atoms. The lowest BCUT2D eigenvalue weighted by Gasteiger charge is -2.22. The third-order valence-corrected chi connectivity index (χ3v) is 5.78. The summed E-state index contributed by atoms with van der Waals surface area (Å²) in [6.07, 6.45) is 0. The van der Waals surface area contributed by atoms with Gasteiger partial charge in [0.25, 0.3) is 0 Å². The van der Waals surface area contributed by atoms with Crippen molar-refractivity contribution in [3.63, 3.8) is 0 Å². The molecular formula is C17H27N3O4S. The van der Waals surface area contributed by atoms with Gasteiger partial charge in [0, 0.05) is 26.7 Å². The minimum atomic E-state index is -3.62. The first kappa shape index (κ1) is 21.1. The monoisotopic (exact) mass is 369 g/mol. The Morgan fingerprint density at radius 2 is 1.68 bits per heavy atom. The molecule has 0 spiro atoms. The molecule has 0 fully saturated rings. The molecule has 0 heterocycles. The van der Waals surface area contributed by atoms with E-state index in [1.54, 1.807) is 19.9 Å². The number of sulfonamides is 1. The molecule has 1 unspecified atom stereocenters. The normalized spacial score (nSPS) is 13.0. The van der Waals surface area contributed by atoms with Gasteiger partial charge in [0.1, 0.15) is 6.04 Å². The van der Waals surface area contributed by atoms with E-state index in [0.29, 0.717) is 5.69 Å². The molecule has 0 bridgehead atoms. The second-order valence-electron chi connectivity index (χ2n) is 6.61. The van der Waals surface area contributed by atoms with E-state index in [4.69, 9.17) is 0 Å². The summed E-state index contributed by atoms with van der Waals surface area (Å²) in [7, 11) is -0.712. The predicted octanol–water partition coefficient (Wildman–Crippen LogP) is 1.65. The van der Waals surface area contributed by atoms with Gasteiger partial charge in [-0.15, -0.1) is 0 Å². The van der Waals surface area contributed by atoms with Crippen LogP contribution in [0.2, 0.25) is 0 Å². The van der Waals surface area contributed by atoms with Crippen molar-refractivity contribution in [3.05, 3.63) is 23.3 Å². The molecule has 1 rings (SSSR count). The lowest BCUT2D eigenvalue weighted by atomic mass is 10.0. The molecule has 0 aliphatic rings. The Morgan fingerprint density at radius 3 is 2.12 bits per heavy atom. The number of rotatable bonds is 6. The summed E-state index contributed by atoms with van der Waals surface area (Å²) in [4.78, 5) is 24.0. The van der Waals surface area contributed by atoms with Crippen molar-refractivity contribution in [2.45, 2.75) is 45.6 Å². The zero-order chi connectivity index (χ0) is 19.5. The van der Waals surface area contributed by atoms with Crippen LogP contribution in [0.4, 0.5) is 5.69 Å². The number of carbonyl (C=O) groups is 2. The van der Waals surface area contributed by atoms with Crippen LogP contribution in [0, 0.1) is 19.8 Å². The van der Waals surface area contributed by atoms with Gasteiger partial charge >= 0.3 is 0 Å². The van der Waals surface area contributed by atoms with Gasteiger partial charge in [-0.1, -0.05) is 13.8 Å². The number of amides is 2. The largest absolute Gasteiger partial charge is 0.344 e. The van der Waals surface area contributed by atoms with Gasteiger partial charge in [-0.25, -0.2) is 12.7 Å². The molecule has 2 amide bonds. The van der Waals surface area contributed by atoms with Gasteiger partial charge in [0.15, 0.2) is 0 Å². The highest BCUT2D eigenvalue weighted by Gasteiger charge is 2.25. The molecule has 0 aliphatic carbocycles. The van der Waals surface area contributed by atoms with Gasteiger partial charge < -0.3 is 10.6 Å². The zero-order valence-electron chi connectivity index (χ0n) is 15.8. The summed E-state index contributed by atoms with van der Waals surface area (Å²) < 4.78 is 25.9. The van der Waals surface area contributed by atoms with E-state index in [-0.39, 0.29) is 22.6 Å². The SMILES string of the molecule is CC(=O)NC(C(=O)Nc1cc(S(=O)(=O)N(C)C)cc(C)c1C)C(C)C. The average molecular weight is 369 g/mol. The van der Waals surface area contributed by atoms with Gasteiger partial charge in [-0.3, -0.25) is 9.59 Å². The highest BCUT2D eigenvalue weighted by molar-refractivity contribution is 7.89. The predicted molar refractivity (Wildman–Crippen MR) is 97.9 cm³/mol. The molecule has 0 radical (unpaired) electrons. The van der Waals surface area contributed by atoms with E-state index in [1.807, 2.05) is 13.8 Å². The molecule has 8 heteroatoms. The third kappa shape index (κ3) is 5.02. The molecule has 2 N–H and O–H groups in total. The summed E-state index contributed by atoms with van der Waals surface area (Å²) >= 11 is 0. The van der Waals surface area contributed by atoms with Gasteiger partial charge in [-0.2, -0.15) is 0 Å². The third-order valence-electron chi connectivity index (χ3n) is 3.99. The number of anilines is 1. The number of nitrogens with one attached hydrogen (secondary N) is 2. The molecule has 7 nitrogen and oxygen atoms in total. The van der Waals surface area contributed by atoms with Crippen LogP contribution < -0.4 is 10.6 Å².